The van der Waals surface area contributed by atoms with Crippen LogP contribution < -0.4 is 10.1 Å². The third-order valence-electron chi connectivity index (χ3n) is 7.44. The number of carbonyl (C=O) groups excluding carboxylic acids is 4. The van der Waals surface area contributed by atoms with Gasteiger partial charge in [-0.2, -0.15) is 0 Å². The Kier molecular flexibility index (Phi) is 5.12. The number of rotatable bonds is 4. The first-order chi connectivity index (χ1) is 15.7. The lowest BCUT2D eigenvalue weighted by Crippen LogP contribution is -2.60. The summed E-state index contributed by atoms with van der Waals surface area (Å²) in [7, 11) is 1.34. The third-order valence-corrected chi connectivity index (χ3v) is 8.85. The molecule has 4 amide bonds. The Hall–Kier alpha value is -2.42. The van der Waals surface area contributed by atoms with Crippen LogP contribution in [0.15, 0.2) is 35.9 Å². The summed E-state index contributed by atoms with van der Waals surface area (Å²) in [6, 6.07) is 6.93. The molecule has 6 unspecified atom stereocenters. The molecule has 8 nitrogen and oxygen atoms in total. The van der Waals surface area contributed by atoms with Gasteiger partial charge in [-0.05, 0) is 24.8 Å². The highest BCUT2D eigenvalue weighted by Crippen LogP contribution is 2.65. The molecule has 0 aromatic heterocycles. The number of aliphatic hydroxyl groups excluding tert-OH is 1. The molecule has 2 heterocycles. The molecular weight excluding hydrogens is 471 g/mol. The number of allylic oxidation sites excluding steroid dienone is 2. The standard InChI is InChI=1S/C23H22Cl2N2O6/c1-27-20(31)22(24)10-14-11(6-7-13-16(14)19(30)26-18(13)29)17(23(22,25)21(27)32)12-4-2-3-5-15(12)33-9-8-28/h2-6,13-14,16-17,28H,7-10H2,1H3,(H,26,29,30). The Morgan fingerprint density at radius 1 is 1.12 bits per heavy atom. The first-order valence-electron chi connectivity index (χ1n) is 10.7. The van der Waals surface area contributed by atoms with E-state index in [2.05, 4.69) is 5.32 Å². The SMILES string of the molecule is CN1C(=O)C2(Cl)CC3C(=CCC4C(=O)NC(=O)C43)C(c3ccccc3OCCO)C2(Cl)C1=O. The molecule has 6 atom stereocenters. The van der Waals surface area contributed by atoms with Crippen molar-refractivity contribution in [2.24, 2.45) is 17.8 Å². The highest BCUT2D eigenvalue weighted by atomic mass is 35.5. The monoisotopic (exact) mass is 492 g/mol. The maximum absolute atomic E-state index is 13.5. The van der Waals surface area contributed by atoms with Crippen LogP contribution in [0.25, 0.3) is 0 Å². The molecule has 4 aliphatic rings. The number of ether oxygens (including phenoxy) is 1. The summed E-state index contributed by atoms with van der Waals surface area (Å²) in [4.78, 5) is 49.1. The van der Waals surface area contributed by atoms with E-state index in [9.17, 15) is 24.3 Å². The Balaban J connectivity index is 1.74. The minimum absolute atomic E-state index is 0.0158. The number of benzene rings is 1. The van der Waals surface area contributed by atoms with Gasteiger partial charge < -0.3 is 9.84 Å². The Morgan fingerprint density at radius 3 is 2.58 bits per heavy atom. The molecule has 2 N–H and O–H groups in total. The normalized spacial score (nSPS) is 37.3. The Labute approximate surface area is 199 Å². The smallest absolute Gasteiger partial charge is 0.253 e. The second-order valence-electron chi connectivity index (χ2n) is 8.96. The van der Waals surface area contributed by atoms with Crippen LogP contribution >= 0.6 is 23.2 Å². The van der Waals surface area contributed by atoms with Gasteiger partial charge in [0.1, 0.15) is 12.4 Å². The summed E-state index contributed by atoms with van der Waals surface area (Å²) in [6.07, 6.45) is 2.12. The van der Waals surface area contributed by atoms with Crippen molar-refractivity contribution in [2.45, 2.75) is 28.5 Å². The minimum atomic E-state index is -1.85. The number of imide groups is 2. The maximum atomic E-state index is 13.5. The molecule has 1 aromatic carbocycles. The van der Waals surface area contributed by atoms with E-state index in [1.165, 1.54) is 7.05 Å². The molecule has 0 spiro atoms. The van der Waals surface area contributed by atoms with Gasteiger partial charge in [0.2, 0.25) is 11.8 Å². The van der Waals surface area contributed by atoms with Gasteiger partial charge in [-0.3, -0.25) is 29.4 Å². The third kappa shape index (κ3) is 2.80. The van der Waals surface area contributed by atoms with Crippen molar-refractivity contribution in [3.8, 4) is 5.75 Å². The zero-order chi connectivity index (χ0) is 23.7. The minimum Gasteiger partial charge on any atom is -0.491 e. The van der Waals surface area contributed by atoms with Crippen LogP contribution in [0.4, 0.5) is 0 Å². The number of para-hydroxylation sites is 1. The van der Waals surface area contributed by atoms with Gasteiger partial charge in [0.25, 0.3) is 11.8 Å². The highest BCUT2D eigenvalue weighted by molar-refractivity contribution is 6.53. The van der Waals surface area contributed by atoms with E-state index < -0.39 is 51.1 Å². The van der Waals surface area contributed by atoms with E-state index in [4.69, 9.17) is 27.9 Å². The number of likely N-dealkylation sites (tertiary alicyclic amines) is 1. The largest absolute Gasteiger partial charge is 0.491 e. The molecule has 33 heavy (non-hydrogen) atoms. The van der Waals surface area contributed by atoms with Crippen LogP contribution in [0.1, 0.15) is 24.3 Å². The molecule has 10 heteroatoms. The summed E-state index contributed by atoms with van der Waals surface area (Å²) in [6.45, 7) is -0.204. The topological polar surface area (TPSA) is 113 Å². The lowest BCUT2D eigenvalue weighted by molar-refractivity contribution is -0.138. The summed E-state index contributed by atoms with van der Waals surface area (Å²) >= 11 is 14.1. The number of carbonyl (C=O) groups is 4. The number of nitrogens with zero attached hydrogens (tertiary/aromatic N) is 1. The number of hydrogen-bond acceptors (Lipinski definition) is 6. The summed E-state index contributed by atoms with van der Waals surface area (Å²) in [5.41, 5.74) is 1.23. The van der Waals surface area contributed by atoms with Gasteiger partial charge in [-0.1, -0.05) is 29.8 Å². The van der Waals surface area contributed by atoms with Gasteiger partial charge in [0.15, 0.2) is 9.75 Å². The van der Waals surface area contributed by atoms with Gasteiger partial charge in [-0.25, -0.2) is 0 Å². The van der Waals surface area contributed by atoms with Crippen molar-refractivity contribution < 1.29 is 29.0 Å². The molecule has 3 fully saturated rings. The van der Waals surface area contributed by atoms with Crippen LogP contribution in [0.3, 0.4) is 0 Å². The number of halogens is 2. The number of nitrogens with one attached hydrogen (secondary N) is 1. The lowest BCUT2D eigenvalue weighted by atomic mass is 9.56. The molecule has 1 saturated carbocycles. The molecule has 2 saturated heterocycles. The van der Waals surface area contributed by atoms with Crippen molar-refractivity contribution in [1.82, 2.24) is 10.2 Å². The van der Waals surface area contributed by atoms with E-state index in [0.717, 1.165) is 4.90 Å². The summed E-state index contributed by atoms with van der Waals surface area (Å²) in [5.74, 6) is -4.31. The molecular formula is C23H22Cl2N2O6. The fourth-order valence-corrected chi connectivity index (χ4v) is 7.02. The van der Waals surface area contributed by atoms with Gasteiger partial charge in [-0.15, -0.1) is 23.2 Å². The van der Waals surface area contributed by atoms with Crippen LogP contribution in [0, 0.1) is 17.8 Å². The Morgan fingerprint density at radius 2 is 1.85 bits per heavy atom. The van der Waals surface area contributed by atoms with Crippen molar-refractivity contribution in [3.63, 3.8) is 0 Å². The zero-order valence-electron chi connectivity index (χ0n) is 17.7. The predicted octanol–water partition coefficient (Wildman–Crippen LogP) is 1.33. The molecule has 174 valence electrons. The second-order valence-corrected chi connectivity index (χ2v) is 10.2. The average Bonchev–Trinajstić information content (AvgIpc) is 3.16. The van der Waals surface area contributed by atoms with Crippen LogP contribution in [0.2, 0.25) is 0 Å². The molecule has 1 aromatic rings. The van der Waals surface area contributed by atoms with Gasteiger partial charge >= 0.3 is 0 Å². The molecule has 2 aliphatic heterocycles. The van der Waals surface area contributed by atoms with Crippen LogP contribution in [0.5, 0.6) is 5.75 Å². The van der Waals surface area contributed by atoms with E-state index >= 15 is 0 Å². The summed E-state index contributed by atoms with van der Waals surface area (Å²) in [5, 5.41) is 11.7. The average molecular weight is 493 g/mol. The van der Waals surface area contributed by atoms with Gasteiger partial charge in [0.05, 0.1) is 18.4 Å². The fourth-order valence-electron chi connectivity index (χ4n) is 6.01. The molecule has 0 radical (unpaired) electrons. The first kappa shape index (κ1) is 22.4. The number of aliphatic hydroxyl groups is 1. The number of alkyl halides is 2. The molecule has 5 rings (SSSR count). The van der Waals surface area contributed by atoms with Gasteiger partial charge in [0, 0.05) is 18.5 Å². The van der Waals surface area contributed by atoms with E-state index in [0.29, 0.717) is 23.3 Å². The zero-order valence-corrected chi connectivity index (χ0v) is 19.2. The van der Waals surface area contributed by atoms with E-state index in [-0.39, 0.29) is 25.5 Å². The highest BCUT2D eigenvalue weighted by Gasteiger charge is 2.75. The van der Waals surface area contributed by atoms with Crippen molar-refractivity contribution in [2.75, 3.05) is 20.3 Å². The fraction of sp³-hybridized carbons (Fsp3) is 0.478. The predicted molar refractivity (Wildman–Crippen MR) is 118 cm³/mol. The van der Waals surface area contributed by atoms with Crippen molar-refractivity contribution in [1.29, 1.82) is 0 Å². The van der Waals surface area contributed by atoms with Crippen molar-refractivity contribution >= 4 is 46.8 Å². The second kappa shape index (κ2) is 7.55. The first-order valence-corrected chi connectivity index (χ1v) is 11.5. The molecule has 0 bridgehead atoms. The summed E-state index contributed by atoms with van der Waals surface area (Å²) < 4.78 is 5.74. The maximum Gasteiger partial charge on any atom is 0.253 e. The number of fused-ring (bicyclic) bond motifs is 4. The van der Waals surface area contributed by atoms with E-state index in [1.807, 2.05) is 6.08 Å². The van der Waals surface area contributed by atoms with Crippen molar-refractivity contribution in [3.05, 3.63) is 41.5 Å². The number of hydrogen-bond donors (Lipinski definition) is 2. The quantitative estimate of drug-likeness (QED) is 0.372. The number of amides is 4. The lowest BCUT2D eigenvalue weighted by Gasteiger charge is -2.51. The van der Waals surface area contributed by atoms with Crippen LogP contribution in [-0.4, -0.2) is 63.6 Å². The Bertz CT molecular complexity index is 1120. The van der Waals surface area contributed by atoms with Crippen LogP contribution in [-0.2, 0) is 19.2 Å². The van der Waals surface area contributed by atoms with E-state index in [1.54, 1.807) is 24.3 Å². The molecule has 2 aliphatic carbocycles.